The van der Waals surface area contributed by atoms with Crippen molar-refractivity contribution in [3.05, 3.63) is 36.2 Å². The molecule has 4 rings (SSSR count). The van der Waals surface area contributed by atoms with Crippen LogP contribution in [0.1, 0.15) is 57.1 Å². The molecule has 33 heavy (non-hydrogen) atoms. The number of hydrogen-bond donors (Lipinski definition) is 1. The Labute approximate surface area is 191 Å². The Balaban J connectivity index is 1.39. The normalized spacial score (nSPS) is 21.0. The maximum absolute atomic E-state index is 14.8. The van der Waals surface area contributed by atoms with E-state index in [1.54, 1.807) is 18.0 Å². The van der Waals surface area contributed by atoms with Gasteiger partial charge in [0.15, 0.2) is 30.3 Å². The molecule has 2 fully saturated rings. The van der Waals surface area contributed by atoms with Gasteiger partial charge in [0.1, 0.15) is 5.69 Å². The van der Waals surface area contributed by atoms with Crippen molar-refractivity contribution in [1.82, 2.24) is 9.88 Å². The standard InChI is InChI=1S/C24H29FN2O6/c1-27(17-6-2-3-7-17)24(30)31-13-21-22(26-14-32-21)15-9-10-20(19(25)12-15)33-18-8-4-5-16(11-18)23(28)29/h9-10,12,14,16-18H,2-8,11,13H2,1H3,(H,28,29)/t16-,18-/m0/s1. The van der Waals surface area contributed by atoms with Crippen molar-refractivity contribution in [2.24, 2.45) is 5.92 Å². The summed E-state index contributed by atoms with van der Waals surface area (Å²) in [6.45, 7) is -0.107. The Morgan fingerprint density at radius 2 is 2.00 bits per heavy atom. The Kier molecular flexibility index (Phi) is 7.15. The summed E-state index contributed by atoms with van der Waals surface area (Å²) in [6, 6.07) is 4.65. The largest absolute Gasteiger partial charge is 0.487 e. The van der Waals surface area contributed by atoms with E-state index in [0.717, 1.165) is 32.1 Å². The van der Waals surface area contributed by atoms with Gasteiger partial charge in [0.25, 0.3) is 0 Å². The average molecular weight is 461 g/mol. The third-order valence-corrected chi connectivity index (χ3v) is 6.60. The Hall–Kier alpha value is -3.10. The molecule has 1 N–H and O–H groups in total. The van der Waals surface area contributed by atoms with Crippen LogP contribution in [0.4, 0.5) is 9.18 Å². The quantitative estimate of drug-likeness (QED) is 0.619. The van der Waals surface area contributed by atoms with E-state index in [2.05, 4.69) is 4.98 Å². The summed E-state index contributed by atoms with van der Waals surface area (Å²) < 4.78 is 31.3. The van der Waals surface area contributed by atoms with Crippen molar-refractivity contribution < 1.29 is 33.0 Å². The van der Waals surface area contributed by atoms with Crippen LogP contribution in [0.2, 0.25) is 0 Å². The van der Waals surface area contributed by atoms with Gasteiger partial charge in [-0.1, -0.05) is 12.8 Å². The molecule has 2 saturated carbocycles. The van der Waals surface area contributed by atoms with Crippen LogP contribution in [0.5, 0.6) is 5.75 Å². The number of benzene rings is 1. The zero-order valence-electron chi connectivity index (χ0n) is 18.7. The maximum Gasteiger partial charge on any atom is 0.410 e. The van der Waals surface area contributed by atoms with Crippen molar-refractivity contribution in [3.63, 3.8) is 0 Å². The zero-order valence-corrected chi connectivity index (χ0v) is 18.7. The monoisotopic (exact) mass is 460 g/mol. The Bertz CT molecular complexity index is 987. The minimum Gasteiger partial charge on any atom is -0.487 e. The van der Waals surface area contributed by atoms with Crippen LogP contribution in [0, 0.1) is 11.7 Å². The molecule has 1 aromatic heterocycles. The lowest BCUT2D eigenvalue weighted by molar-refractivity contribution is -0.143. The molecule has 1 aromatic carbocycles. The molecule has 1 heterocycles. The minimum atomic E-state index is -0.840. The minimum absolute atomic E-state index is 0.0736. The number of aromatic nitrogens is 1. The van der Waals surface area contributed by atoms with E-state index in [9.17, 15) is 19.1 Å². The molecule has 0 bridgehead atoms. The first-order chi connectivity index (χ1) is 15.9. The van der Waals surface area contributed by atoms with Gasteiger partial charge < -0.3 is 23.9 Å². The highest BCUT2D eigenvalue weighted by atomic mass is 19.1. The van der Waals surface area contributed by atoms with Crippen LogP contribution in [0.3, 0.4) is 0 Å². The summed E-state index contributed by atoms with van der Waals surface area (Å²) >= 11 is 0. The van der Waals surface area contributed by atoms with E-state index < -0.39 is 23.8 Å². The number of ether oxygens (including phenoxy) is 2. The van der Waals surface area contributed by atoms with E-state index in [4.69, 9.17) is 13.9 Å². The maximum atomic E-state index is 14.8. The molecule has 2 atom stereocenters. The Morgan fingerprint density at radius 3 is 2.73 bits per heavy atom. The average Bonchev–Trinajstić information content (AvgIpc) is 3.51. The van der Waals surface area contributed by atoms with Gasteiger partial charge in [-0.2, -0.15) is 0 Å². The third-order valence-electron chi connectivity index (χ3n) is 6.60. The van der Waals surface area contributed by atoms with Gasteiger partial charge in [-0.05, 0) is 56.7 Å². The van der Waals surface area contributed by atoms with Crippen LogP contribution in [-0.4, -0.2) is 46.2 Å². The number of oxazole rings is 1. The number of aliphatic carboxylic acids is 1. The lowest BCUT2D eigenvalue weighted by atomic mass is 9.87. The van der Waals surface area contributed by atoms with Gasteiger partial charge in [0, 0.05) is 18.7 Å². The summed E-state index contributed by atoms with van der Waals surface area (Å²) in [7, 11) is 1.73. The Morgan fingerprint density at radius 1 is 1.21 bits per heavy atom. The third kappa shape index (κ3) is 5.46. The van der Waals surface area contributed by atoms with Gasteiger partial charge in [-0.3, -0.25) is 4.79 Å². The fraction of sp³-hybridized carbons (Fsp3) is 0.542. The van der Waals surface area contributed by atoms with E-state index in [0.29, 0.717) is 36.3 Å². The number of carbonyl (C=O) groups excluding carboxylic acids is 1. The van der Waals surface area contributed by atoms with E-state index >= 15 is 0 Å². The number of carboxylic acid groups (broad SMARTS) is 1. The molecule has 0 radical (unpaired) electrons. The lowest BCUT2D eigenvalue weighted by Crippen LogP contribution is -2.35. The van der Waals surface area contributed by atoms with Crippen molar-refractivity contribution in [3.8, 4) is 17.0 Å². The molecule has 0 spiro atoms. The SMILES string of the molecule is CN(C(=O)OCc1ocnc1-c1ccc(O[C@H]2CCC[C@H](C(=O)O)C2)c(F)c1)C1CCCC1. The fourth-order valence-corrected chi connectivity index (χ4v) is 4.68. The van der Waals surface area contributed by atoms with Crippen LogP contribution in [0.25, 0.3) is 11.3 Å². The highest BCUT2D eigenvalue weighted by Crippen LogP contribution is 2.32. The summed E-state index contributed by atoms with van der Waals surface area (Å²) in [6.07, 6.45) is 7.06. The molecule has 0 unspecified atom stereocenters. The van der Waals surface area contributed by atoms with Crippen LogP contribution < -0.4 is 4.74 Å². The van der Waals surface area contributed by atoms with Crippen LogP contribution >= 0.6 is 0 Å². The predicted molar refractivity (Wildman–Crippen MR) is 116 cm³/mol. The first-order valence-electron chi connectivity index (χ1n) is 11.4. The van der Waals surface area contributed by atoms with Crippen molar-refractivity contribution in [2.75, 3.05) is 7.05 Å². The molecular formula is C24H29FN2O6. The molecule has 2 aliphatic rings. The van der Waals surface area contributed by atoms with Crippen LogP contribution in [0.15, 0.2) is 29.0 Å². The molecule has 2 aromatic rings. The van der Waals surface area contributed by atoms with E-state index in [1.807, 2.05) is 0 Å². The fourth-order valence-electron chi connectivity index (χ4n) is 4.68. The molecular weight excluding hydrogens is 431 g/mol. The molecule has 178 valence electrons. The lowest BCUT2D eigenvalue weighted by Gasteiger charge is -2.27. The van der Waals surface area contributed by atoms with Gasteiger partial charge >= 0.3 is 12.1 Å². The molecule has 8 nitrogen and oxygen atoms in total. The zero-order chi connectivity index (χ0) is 23.4. The number of carbonyl (C=O) groups is 2. The summed E-state index contributed by atoms with van der Waals surface area (Å²) in [5, 5.41) is 9.23. The highest BCUT2D eigenvalue weighted by Gasteiger charge is 2.29. The van der Waals surface area contributed by atoms with Crippen molar-refractivity contribution >= 4 is 12.1 Å². The van der Waals surface area contributed by atoms with Gasteiger partial charge in [-0.25, -0.2) is 14.2 Å². The number of amides is 1. The van der Waals surface area contributed by atoms with Gasteiger partial charge in [0.2, 0.25) is 0 Å². The highest BCUT2D eigenvalue weighted by molar-refractivity contribution is 5.70. The summed E-state index contributed by atoms with van der Waals surface area (Å²) in [4.78, 5) is 29.4. The number of nitrogens with zero attached hydrogens (tertiary/aromatic N) is 2. The van der Waals surface area contributed by atoms with E-state index in [1.165, 1.54) is 18.5 Å². The summed E-state index contributed by atoms with van der Waals surface area (Å²) in [5.74, 6) is -1.47. The first-order valence-corrected chi connectivity index (χ1v) is 11.4. The molecule has 2 aliphatic carbocycles. The van der Waals surface area contributed by atoms with Crippen molar-refractivity contribution in [2.45, 2.75) is 70.1 Å². The van der Waals surface area contributed by atoms with E-state index in [-0.39, 0.29) is 24.5 Å². The second-order valence-corrected chi connectivity index (χ2v) is 8.81. The smallest absolute Gasteiger partial charge is 0.410 e. The number of carboxylic acids is 1. The van der Waals surface area contributed by atoms with Gasteiger partial charge in [-0.15, -0.1) is 0 Å². The van der Waals surface area contributed by atoms with Crippen molar-refractivity contribution in [1.29, 1.82) is 0 Å². The molecule has 1 amide bonds. The molecule has 0 saturated heterocycles. The second-order valence-electron chi connectivity index (χ2n) is 8.81. The number of hydrogen-bond acceptors (Lipinski definition) is 6. The summed E-state index contributed by atoms with van der Waals surface area (Å²) in [5.41, 5.74) is 0.858. The van der Waals surface area contributed by atoms with Crippen LogP contribution in [-0.2, 0) is 16.1 Å². The van der Waals surface area contributed by atoms with Gasteiger partial charge in [0.05, 0.1) is 12.0 Å². The first kappa shape index (κ1) is 23.1. The molecule has 0 aliphatic heterocycles. The second kappa shape index (κ2) is 10.2. The predicted octanol–water partition coefficient (Wildman–Crippen LogP) is 5.01. The topological polar surface area (TPSA) is 102 Å². The number of rotatable bonds is 7. The number of halogens is 1. The molecule has 9 heteroatoms.